The maximum absolute atomic E-state index is 12.2. The third-order valence-corrected chi connectivity index (χ3v) is 4.08. The zero-order valence-corrected chi connectivity index (χ0v) is 15.7. The van der Waals surface area contributed by atoms with Gasteiger partial charge >= 0.3 is 6.03 Å². The number of urea groups is 1. The smallest absolute Gasteiger partial charge is 0.319 e. The molecule has 29 heavy (non-hydrogen) atoms. The lowest BCUT2D eigenvalue weighted by atomic mass is 10.2. The van der Waals surface area contributed by atoms with Crippen molar-refractivity contribution < 1.29 is 9.59 Å². The highest BCUT2D eigenvalue weighted by Crippen LogP contribution is 2.14. The fourth-order valence-corrected chi connectivity index (χ4v) is 2.69. The highest BCUT2D eigenvalue weighted by Gasteiger charge is 2.08. The van der Waals surface area contributed by atoms with Gasteiger partial charge in [-0.1, -0.05) is 18.2 Å². The second-order valence-electron chi connectivity index (χ2n) is 6.28. The minimum Gasteiger partial charge on any atom is -0.334 e. The summed E-state index contributed by atoms with van der Waals surface area (Å²) in [6.07, 6.45) is 2.07. The number of amides is 3. The number of benzene rings is 2. The van der Waals surface area contributed by atoms with Crippen molar-refractivity contribution in [2.75, 3.05) is 17.2 Å². The predicted octanol–water partition coefficient (Wildman–Crippen LogP) is 2.80. The van der Waals surface area contributed by atoms with Gasteiger partial charge in [0.2, 0.25) is 5.91 Å². The molecule has 0 atom stereocenters. The zero-order chi connectivity index (χ0) is 20.6. The lowest BCUT2D eigenvalue weighted by Crippen LogP contribution is -2.28. The molecule has 1 heterocycles. The van der Waals surface area contributed by atoms with E-state index in [2.05, 4.69) is 32.5 Å². The first-order chi connectivity index (χ1) is 14.0. The van der Waals surface area contributed by atoms with E-state index in [0.29, 0.717) is 41.1 Å². The van der Waals surface area contributed by atoms with Gasteiger partial charge in [0.05, 0.1) is 10.9 Å². The lowest BCUT2D eigenvalue weighted by molar-refractivity contribution is -0.116. The minimum absolute atomic E-state index is 0.172. The number of carbonyl (C=O) groups is 2. The Labute approximate surface area is 167 Å². The molecule has 0 unspecified atom stereocenters. The van der Waals surface area contributed by atoms with Gasteiger partial charge in [0.25, 0.3) is 5.56 Å². The molecule has 0 aliphatic heterocycles. The fraction of sp³-hybridized carbons (Fsp3) is 0.143. The van der Waals surface area contributed by atoms with Crippen LogP contribution in [0, 0.1) is 0 Å². The van der Waals surface area contributed by atoms with E-state index < -0.39 is 0 Å². The van der Waals surface area contributed by atoms with E-state index in [0.717, 1.165) is 0 Å². The standard InChI is InChI=1S/C21H21N5O3/c1-2-13-22-21(29)24-15-9-7-14(8-10-15)23-19(27)12-11-18-25-17-6-4-3-5-16(17)20(28)26-18/h2-10H,1,11-13H2,(H,23,27)(H2,22,24,29)(H,25,26,28). The van der Waals surface area contributed by atoms with Gasteiger partial charge in [0.1, 0.15) is 5.82 Å². The Morgan fingerprint density at radius 3 is 2.45 bits per heavy atom. The third kappa shape index (κ3) is 5.52. The van der Waals surface area contributed by atoms with Crippen LogP contribution in [0.3, 0.4) is 0 Å². The first kappa shape index (κ1) is 19.8. The molecule has 0 saturated heterocycles. The van der Waals surface area contributed by atoms with Crippen LogP contribution in [0.25, 0.3) is 10.9 Å². The topological polar surface area (TPSA) is 116 Å². The fourth-order valence-electron chi connectivity index (χ4n) is 2.69. The Hall–Kier alpha value is -3.94. The summed E-state index contributed by atoms with van der Waals surface area (Å²) in [7, 11) is 0. The van der Waals surface area contributed by atoms with E-state index in [9.17, 15) is 14.4 Å². The van der Waals surface area contributed by atoms with Gasteiger partial charge in [0, 0.05) is 30.8 Å². The normalized spacial score (nSPS) is 10.3. The minimum atomic E-state index is -0.335. The number of fused-ring (bicyclic) bond motifs is 1. The first-order valence-electron chi connectivity index (χ1n) is 9.09. The lowest BCUT2D eigenvalue weighted by Gasteiger charge is -2.08. The average molecular weight is 391 g/mol. The van der Waals surface area contributed by atoms with Gasteiger partial charge < -0.3 is 20.9 Å². The van der Waals surface area contributed by atoms with E-state index in [1.807, 2.05) is 6.07 Å². The highest BCUT2D eigenvalue weighted by molar-refractivity contribution is 5.92. The van der Waals surface area contributed by atoms with Crippen molar-refractivity contribution >= 4 is 34.2 Å². The number of H-pyrrole nitrogens is 1. The summed E-state index contributed by atoms with van der Waals surface area (Å²) in [5.74, 6) is 0.263. The molecule has 8 nitrogen and oxygen atoms in total. The summed E-state index contributed by atoms with van der Waals surface area (Å²) < 4.78 is 0. The Kier molecular flexibility index (Phi) is 6.36. The van der Waals surface area contributed by atoms with Crippen LogP contribution in [0.5, 0.6) is 0 Å². The molecule has 8 heteroatoms. The summed E-state index contributed by atoms with van der Waals surface area (Å²) in [6, 6.07) is 13.5. The molecule has 0 aliphatic carbocycles. The van der Waals surface area contributed by atoms with Crippen molar-refractivity contribution in [1.29, 1.82) is 0 Å². The number of carbonyl (C=O) groups excluding carboxylic acids is 2. The van der Waals surface area contributed by atoms with Crippen molar-refractivity contribution in [2.45, 2.75) is 12.8 Å². The molecule has 3 aromatic rings. The summed E-state index contributed by atoms with van der Waals surface area (Å²) in [5, 5.41) is 8.58. The number of hydrogen-bond acceptors (Lipinski definition) is 4. The van der Waals surface area contributed by atoms with E-state index in [1.54, 1.807) is 48.5 Å². The quantitative estimate of drug-likeness (QED) is 0.464. The second-order valence-corrected chi connectivity index (χ2v) is 6.28. The molecule has 0 spiro atoms. The molecule has 3 rings (SSSR count). The Morgan fingerprint density at radius 2 is 1.72 bits per heavy atom. The van der Waals surface area contributed by atoms with Crippen LogP contribution in [0.2, 0.25) is 0 Å². The van der Waals surface area contributed by atoms with Crippen LogP contribution in [0.15, 0.2) is 66.0 Å². The molecule has 3 amide bonds. The number of anilines is 2. The maximum Gasteiger partial charge on any atom is 0.319 e. The largest absolute Gasteiger partial charge is 0.334 e. The number of rotatable bonds is 7. The molecule has 4 N–H and O–H groups in total. The van der Waals surface area contributed by atoms with E-state index in [1.165, 1.54) is 0 Å². The molecule has 0 saturated carbocycles. The number of aromatic nitrogens is 2. The van der Waals surface area contributed by atoms with Crippen molar-refractivity contribution in [3.8, 4) is 0 Å². The molecule has 2 aromatic carbocycles. The van der Waals surface area contributed by atoms with Gasteiger partial charge in [-0.2, -0.15) is 0 Å². The number of aryl methyl sites for hydroxylation is 1. The van der Waals surface area contributed by atoms with Gasteiger partial charge in [-0.15, -0.1) is 6.58 Å². The number of aromatic amines is 1. The van der Waals surface area contributed by atoms with Gasteiger partial charge in [-0.25, -0.2) is 9.78 Å². The van der Waals surface area contributed by atoms with Gasteiger partial charge in [-0.3, -0.25) is 9.59 Å². The number of nitrogens with zero attached hydrogens (tertiary/aromatic N) is 1. The summed E-state index contributed by atoms with van der Waals surface area (Å²) >= 11 is 0. The molecular weight excluding hydrogens is 370 g/mol. The molecule has 0 bridgehead atoms. The van der Waals surface area contributed by atoms with Gasteiger partial charge in [0.15, 0.2) is 0 Å². The third-order valence-electron chi connectivity index (χ3n) is 4.08. The van der Waals surface area contributed by atoms with Crippen molar-refractivity contribution in [3.63, 3.8) is 0 Å². The predicted molar refractivity (Wildman–Crippen MR) is 113 cm³/mol. The molecule has 0 fully saturated rings. The monoisotopic (exact) mass is 391 g/mol. The Bertz CT molecular complexity index is 1090. The molecule has 148 valence electrons. The zero-order valence-electron chi connectivity index (χ0n) is 15.7. The van der Waals surface area contributed by atoms with Crippen LogP contribution in [0.4, 0.5) is 16.2 Å². The van der Waals surface area contributed by atoms with Crippen LogP contribution >= 0.6 is 0 Å². The molecule has 0 radical (unpaired) electrons. The molecule has 1 aromatic heterocycles. The number of para-hydroxylation sites is 1. The van der Waals surface area contributed by atoms with Gasteiger partial charge in [-0.05, 0) is 36.4 Å². The van der Waals surface area contributed by atoms with Crippen molar-refractivity contribution in [1.82, 2.24) is 15.3 Å². The van der Waals surface area contributed by atoms with E-state index in [4.69, 9.17) is 0 Å². The maximum atomic E-state index is 12.2. The van der Waals surface area contributed by atoms with E-state index in [-0.39, 0.29) is 23.9 Å². The molecular formula is C21H21N5O3. The van der Waals surface area contributed by atoms with Crippen molar-refractivity contribution in [3.05, 3.63) is 77.4 Å². The molecule has 0 aliphatic rings. The summed E-state index contributed by atoms with van der Waals surface area (Å²) in [4.78, 5) is 42.9. The Morgan fingerprint density at radius 1 is 1.03 bits per heavy atom. The number of nitrogens with one attached hydrogen (secondary N) is 4. The summed E-state index contributed by atoms with van der Waals surface area (Å²) in [5.41, 5.74) is 1.59. The van der Waals surface area contributed by atoms with Crippen LogP contribution in [0.1, 0.15) is 12.2 Å². The van der Waals surface area contributed by atoms with Crippen LogP contribution in [-0.2, 0) is 11.2 Å². The second kappa shape index (κ2) is 9.32. The van der Waals surface area contributed by atoms with Crippen LogP contribution in [-0.4, -0.2) is 28.5 Å². The average Bonchev–Trinajstić information content (AvgIpc) is 2.72. The van der Waals surface area contributed by atoms with E-state index >= 15 is 0 Å². The SMILES string of the molecule is C=CCNC(=O)Nc1ccc(NC(=O)CCc2nc3ccccc3c(=O)[nH]2)cc1. The first-order valence-corrected chi connectivity index (χ1v) is 9.09. The van der Waals surface area contributed by atoms with Crippen LogP contribution < -0.4 is 21.5 Å². The highest BCUT2D eigenvalue weighted by atomic mass is 16.2. The van der Waals surface area contributed by atoms with Crippen molar-refractivity contribution in [2.24, 2.45) is 0 Å². The number of hydrogen-bond donors (Lipinski definition) is 4. The Balaban J connectivity index is 1.54. The summed E-state index contributed by atoms with van der Waals surface area (Å²) in [6.45, 7) is 3.90.